The Morgan fingerprint density at radius 2 is 2.14 bits per heavy atom. The van der Waals surface area contributed by atoms with Gasteiger partial charge in [0.05, 0.1) is 5.69 Å². The number of hydrogen-bond acceptors (Lipinski definition) is 1. The first-order valence-corrected chi connectivity index (χ1v) is 6.30. The van der Waals surface area contributed by atoms with Crippen LogP contribution < -0.4 is 0 Å². The molecule has 0 unspecified atom stereocenters. The number of rotatable bonds is 1. The van der Waals surface area contributed by atoms with E-state index in [0.717, 1.165) is 31.3 Å². The summed E-state index contributed by atoms with van der Waals surface area (Å²) in [5.74, 6) is 0. The van der Waals surface area contributed by atoms with Gasteiger partial charge in [-0.1, -0.05) is 33.6 Å². The largest absolute Gasteiger partial charge is 0.259 e. The fourth-order valence-electron chi connectivity index (χ4n) is 1.29. The molecule has 2 aromatic rings. The normalized spacial score (nSPS) is 10.8. The van der Waals surface area contributed by atoms with Crippen molar-refractivity contribution in [3.05, 3.63) is 39.6 Å². The van der Waals surface area contributed by atoms with Gasteiger partial charge in [-0.2, -0.15) is 0 Å². The van der Waals surface area contributed by atoms with Crippen molar-refractivity contribution in [2.75, 3.05) is 0 Å². The lowest BCUT2D eigenvalue weighted by atomic mass is 10.1. The van der Waals surface area contributed by atoms with Gasteiger partial charge in [0, 0.05) is 26.4 Å². The van der Waals surface area contributed by atoms with Crippen molar-refractivity contribution in [2.45, 2.75) is 5.33 Å². The molecular weight excluding hydrogens is 329 g/mol. The number of aromatic nitrogens is 1. The Morgan fingerprint density at radius 3 is 2.86 bits per heavy atom. The van der Waals surface area contributed by atoms with Gasteiger partial charge in [0.1, 0.15) is 0 Å². The van der Waals surface area contributed by atoms with Gasteiger partial charge in [-0.3, -0.25) is 4.98 Å². The summed E-state index contributed by atoms with van der Waals surface area (Å²) < 4.78 is 1.03. The molecule has 0 atom stereocenters. The van der Waals surface area contributed by atoms with Crippen molar-refractivity contribution >= 4 is 54.2 Å². The van der Waals surface area contributed by atoms with Gasteiger partial charge in [0.25, 0.3) is 0 Å². The molecule has 0 bridgehead atoms. The monoisotopic (exact) mass is 333 g/mol. The van der Waals surface area contributed by atoms with Crippen LogP contribution in [0.5, 0.6) is 0 Å². The molecule has 0 saturated heterocycles. The van der Waals surface area contributed by atoms with Gasteiger partial charge in [-0.15, -0.1) is 0 Å². The number of alkyl halides is 1. The highest BCUT2D eigenvalue weighted by Gasteiger charge is 2.05. The number of halogens is 3. The van der Waals surface area contributed by atoms with Gasteiger partial charge >= 0.3 is 0 Å². The van der Waals surface area contributed by atoms with E-state index in [2.05, 4.69) is 36.8 Å². The SMILES string of the molecule is Clc1ccc2c(Br)c(CBr)ncc2c1. The van der Waals surface area contributed by atoms with E-state index in [-0.39, 0.29) is 0 Å². The zero-order valence-corrected chi connectivity index (χ0v) is 11.0. The zero-order valence-electron chi connectivity index (χ0n) is 7.10. The molecule has 1 aromatic carbocycles. The van der Waals surface area contributed by atoms with E-state index >= 15 is 0 Å². The fraction of sp³-hybridized carbons (Fsp3) is 0.100. The van der Waals surface area contributed by atoms with E-state index in [0.29, 0.717) is 0 Å². The van der Waals surface area contributed by atoms with Crippen LogP contribution in [-0.2, 0) is 5.33 Å². The van der Waals surface area contributed by atoms with Crippen LogP contribution in [0.1, 0.15) is 5.69 Å². The van der Waals surface area contributed by atoms with Gasteiger partial charge in [0.2, 0.25) is 0 Å². The highest BCUT2D eigenvalue weighted by atomic mass is 79.9. The zero-order chi connectivity index (χ0) is 10.1. The van der Waals surface area contributed by atoms with E-state index in [4.69, 9.17) is 11.6 Å². The standard InChI is InChI=1S/C10H6Br2ClN/c11-4-9-10(12)8-2-1-7(13)3-6(8)5-14-9/h1-3,5H,4H2. The molecule has 0 aliphatic heterocycles. The quantitative estimate of drug-likeness (QED) is 0.697. The van der Waals surface area contributed by atoms with Crippen LogP contribution in [0.3, 0.4) is 0 Å². The van der Waals surface area contributed by atoms with Crippen LogP contribution in [-0.4, -0.2) is 4.98 Å². The van der Waals surface area contributed by atoms with Crippen LogP contribution in [0.4, 0.5) is 0 Å². The smallest absolute Gasteiger partial charge is 0.0657 e. The average Bonchev–Trinajstić information content (AvgIpc) is 2.18. The van der Waals surface area contributed by atoms with Gasteiger partial charge in [0.15, 0.2) is 0 Å². The van der Waals surface area contributed by atoms with E-state index in [1.54, 1.807) is 0 Å². The molecule has 0 N–H and O–H groups in total. The lowest BCUT2D eigenvalue weighted by Crippen LogP contribution is -1.88. The van der Waals surface area contributed by atoms with E-state index in [1.165, 1.54) is 0 Å². The maximum Gasteiger partial charge on any atom is 0.0657 e. The Hall–Kier alpha value is -0.120. The Morgan fingerprint density at radius 1 is 1.36 bits per heavy atom. The molecular formula is C10H6Br2ClN. The summed E-state index contributed by atoms with van der Waals surface area (Å²) in [5.41, 5.74) is 1.000. The summed E-state index contributed by atoms with van der Waals surface area (Å²) >= 11 is 12.8. The Kier molecular flexibility index (Phi) is 3.10. The molecule has 1 aromatic heterocycles. The van der Waals surface area contributed by atoms with Gasteiger partial charge in [-0.25, -0.2) is 0 Å². The molecule has 2 rings (SSSR count). The number of fused-ring (bicyclic) bond motifs is 1. The molecule has 72 valence electrons. The molecule has 0 radical (unpaired) electrons. The van der Waals surface area contributed by atoms with E-state index in [1.807, 2.05) is 24.4 Å². The second kappa shape index (κ2) is 4.17. The van der Waals surface area contributed by atoms with Crippen LogP contribution in [0.2, 0.25) is 5.02 Å². The summed E-state index contributed by atoms with van der Waals surface area (Å²) in [6.45, 7) is 0. The highest BCUT2D eigenvalue weighted by molar-refractivity contribution is 9.11. The summed E-state index contributed by atoms with van der Waals surface area (Å²) in [4.78, 5) is 4.31. The first-order chi connectivity index (χ1) is 6.72. The minimum Gasteiger partial charge on any atom is -0.259 e. The minimum atomic E-state index is 0.734. The average molecular weight is 335 g/mol. The molecule has 0 aliphatic rings. The van der Waals surface area contributed by atoms with E-state index < -0.39 is 0 Å². The van der Waals surface area contributed by atoms with E-state index in [9.17, 15) is 0 Å². The molecule has 1 nitrogen and oxygen atoms in total. The van der Waals surface area contributed by atoms with Crippen molar-refractivity contribution in [3.8, 4) is 0 Å². The van der Waals surface area contributed by atoms with Crippen molar-refractivity contribution in [2.24, 2.45) is 0 Å². The molecule has 4 heteroatoms. The maximum atomic E-state index is 5.89. The Labute approximate surface area is 104 Å². The molecule has 0 amide bonds. The molecule has 0 spiro atoms. The van der Waals surface area contributed by atoms with Crippen LogP contribution in [0, 0.1) is 0 Å². The third-order valence-electron chi connectivity index (χ3n) is 1.99. The van der Waals surface area contributed by atoms with Crippen LogP contribution in [0.15, 0.2) is 28.9 Å². The number of hydrogen-bond donors (Lipinski definition) is 0. The minimum absolute atomic E-state index is 0.734. The maximum absolute atomic E-state index is 5.89. The predicted molar refractivity (Wildman–Crippen MR) is 67.1 cm³/mol. The third-order valence-corrected chi connectivity index (χ3v) is 3.64. The molecule has 0 fully saturated rings. The topological polar surface area (TPSA) is 12.9 Å². The van der Waals surface area contributed by atoms with Crippen molar-refractivity contribution < 1.29 is 0 Å². The van der Waals surface area contributed by atoms with Crippen molar-refractivity contribution in [3.63, 3.8) is 0 Å². The van der Waals surface area contributed by atoms with Gasteiger partial charge in [-0.05, 0) is 33.4 Å². The summed E-state index contributed by atoms with van der Waals surface area (Å²) in [6, 6.07) is 5.79. The van der Waals surface area contributed by atoms with Crippen molar-refractivity contribution in [1.82, 2.24) is 4.98 Å². The van der Waals surface area contributed by atoms with Crippen LogP contribution in [0.25, 0.3) is 10.8 Å². The lowest BCUT2D eigenvalue weighted by molar-refractivity contribution is 1.19. The second-order valence-electron chi connectivity index (χ2n) is 2.88. The Bertz CT molecular complexity index is 485. The summed E-state index contributed by atoms with van der Waals surface area (Å²) in [7, 11) is 0. The first kappa shape index (κ1) is 10.4. The highest BCUT2D eigenvalue weighted by Crippen LogP contribution is 2.28. The van der Waals surface area contributed by atoms with Crippen LogP contribution >= 0.6 is 43.5 Å². The molecule has 0 aliphatic carbocycles. The lowest BCUT2D eigenvalue weighted by Gasteiger charge is -2.04. The molecule has 0 saturated carbocycles. The Balaban J connectivity index is 2.77. The fourth-order valence-corrected chi connectivity index (χ4v) is 2.88. The first-order valence-electron chi connectivity index (χ1n) is 4.01. The number of benzene rings is 1. The van der Waals surface area contributed by atoms with Crippen molar-refractivity contribution in [1.29, 1.82) is 0 Å². The summed E-state index contributed by atoms with van der Waals surface area (Å²) in [5, 5.41) is 3.66. The van der Waals surface area contributed by atoms with Gasteiger partial charge < -0.3 is 0 Å². The molecule has 14 heavy (non-hydrogen) atoms. The second-order valence-corrected chi connectivity index (χ2v) is 4.67. The number of nitrogens with zero attached hydrogens (tertiary/aromatic N) is 1. The summed E-state index contributed by atoms with van der Waals surface area (Å²) in [6.07, 6.45) is 1.84. The molecule has 1 heterocycles. The third kappa shape index (κ3) is 1.81. The predicted octanol–water partition coefficient (Wildman–Crippen LogP) is 4.55. The number of pyridine rings is 1.